The number of aryl methyl sites for hydroxylation is 1. The van der Waals surface area contributed by atoms with E-state index in [9.17, 15) is 4.79 Å². The standard InChI is InChI=1S/C18H20O5/c1-14-3-5-15(6-4-14)18(19)22-12-11-21-13-23-17-9-7-16(20-2)8-10-17/h3-10H,11-13H2,1-2H3. The topological polar surface area (TPSA) is 54.0 Å². The molecule has 0 unspecified atom stereocenters. The number of benzene rings is 2. The van der Waals surface area contributed by atoms with Gasteiger partial charge in [0.25, 0.3) is 0 Å². The highest BCUT2D eigenvalue weighted by atomic mass is 16.7. The second-order valence-corrected chi connectivity index (χ2v) is 4.85. The molecule has 0 atom stereocenters. The Bertz CT molecular complexity index is 604. The van der Waals surface area contributed by atoms with Crippen molar-refractivity contribution >= 4 is 5.97 Å². The van der Waals surface area contributed by atoms with E-state index in [0.717, 1.165) is 11.3 Å². The van der Waals surface area contributed by atoms with E-state index in [0.29, 0.717) is 11.3 Å². The number of methoxy groups -OCH3 is 1. The maximum absolute atomic E-state index is 11.7. The van der Waals surface area contributed by atoms with Crippen LogP contribution in [0.4, 0.5) is 0 Å². The molecule has 2 aromatic rings. The summed E-state index contributed by atoms with van der Waals surface area (Å²) in [6, 6.07) is 14.4. The minimum absolute atomic E-state index is 0.0917. The van der Waals surface area contributed by atoms with Crippen molar-refractivity contribution in [2.45, 2.75) is 6.92 Å². The maximum Gasteiger partial charge on any atom is 0.338 e. The van der Waals surface area contributed by atoms with Gasteiger partial charge in [-0.3, -0.25) is 0 Å². The number of hydrogen-bond donors (Lipinski definition) is 0. The summed E-state index contributed by atoms with van der Waals surface area (Å²) in [6.07, 6.45) is 0. The molecule has 0 spiro atoms. The zero-order valence-corrected chi connectivity index (χ0v) is 13.3. The number of ether oxygens (including phenoxy) is 4. The number of carbonyl (C=O) groups excluding carboxylic acids is 1. The normalized spacial score (nSPS) is 10.2. The average Bonchev–Trinajstić information content (AvgIpc) is 2.59. The van der Waals surface area contributed by atoms with Crippen molar-refractivity contribution in [2.24, 2.45) is 0 Å². The van der Waals surface area contributed by atoms with Gasteiger partial charge in [-0.15, -0.1) is 0 Å². The second-order valence-electron chi connectivity index (χ2n) is 4.85. The van der Waals surface area contributed by atoms with Crippen LogP contribution in [0.5, 0.6) is 11.5 Å². The van der Waals surface area contributed by atoms with Crippen molar-refractivity contribution in [3.05, 3.63) is 59.7 Å². The van der Waals surface area contributed by atoms with Crippen molar-refractivity contribution in [1.29, 1.82) is 0 Å². The molecule has 2 aromatic carbocycles. The highest BCUT2D eigenvalue weighted by molar-refractivity contribution is 5.89. The summed E-state index contributed by atoms with van der Waals surface area (Å²) in [7, 11) is 1.61. The quantitative estimate of drug-likeness (QED) is 0.425. The monoisotopic (exact) mass is 316 g/mol. The fourth-order valence-electron chi connectivity index (χ4n) is 1.81. The maximum atomic E-state index is 11.7. The molecule has 5 heteroatoms. The highest BCUT2D eigenvalue weighted by Crippen LogP contribution is 2.16. The van der Waals surface area contributed by atoms with Crippen LogP contribution in [0.15, 0.2) is 48.5 Å². The molecule has 23 heavy (non-hydrogen) atoms. The van der Waals surface area contributed by atoms with Gasteiger partial charge in [-0.1, -0.05) is 17.7 Å². The molecule has 0 aromatic heterocycles. The highest BCUT2D eigenvalue weighted by Gasteiger charge is 2.05. The zero-order chi connectivity index (χ0) is 16.5. The van der Waals surface area contributed by atoms with E-state index in [1.807, 2.05) is 19.1 Å². The molecule has 0 amide bonds. The summed E-state index contributed by atoms with van der Waals surface area (Å²) in [6.45, 7) is 2.51. The first-order valence-corrected chi connectivity index (χ1v) is 7.27. The Balaban J connectivity index is 1.60. The van der Waals surface area contributed by atoms with Crippen LogP contribution in [-0.4, -0.2) is 33.1 Å². The molecule has 0 aliphatic carbocycles. The SMILES string of the molecule is COc1ccc(OCOCCOC(=O)c2ccc(C)cc2)cc1. The molecular weight excluding hydrogens is 296 g/mol. The lowest BCUT2D eigenvalue weighted by atomic mass is 10.1. The van der Waals surface area contributed by atoms with Crippen molar-refractivity contribution in [3.63, 3.8) is 0 Å². The molecule has 0 heterocycles. The minimum Gasteiger partial charge on any atom is -0.497 e. The zero-order valence-electron chi connectivity index (χ0n) is 13.3. The van der Waals surface area contributed by atoms with Crippen LogP contribution >= 0.6 is 0 Å². The molecule has 5 nitrogen and oxygen atoms in total. The van der Waals surface area contributed by atoms with Gasteiger partial charge in [-0.05, 0) is 43.3 Å². The van der Waals surface area contributed by atoms with Gasteiger partial charge >= 0.3 is 5.97 Å². The van der Waals surface area contributed by atoms with Gasteiger partial charge in [-0.2, -0.15) is 0 Å². The number of esters is 1. The third-order valence-corrected chi connectivity index (χ3v) is 3.12. The summed E-state index contributed by atoms with van der Waals surface area (Å²) in [5.74, 6) is 1.09. The fraction of sp³-hybridized carbons (Fsp3) is 0.278. The van der Waals surface area contributed by atoms with E-state index in [-0.39, 0.29) is 26.0 Å². The Labute approximate surface area is 135 Å². The van der Waals surface area contributed by atoms with Crippen LogP contribution in [0.2, 0.25) is 0 Å². The molecule has 0 saturated carbocycles. The predicted octanol–water partition coefficient (Wildman–Crippen LogP) is 3.21. The minimum atomic E-state index is -0.357. The summed E-state index contributed by atoms with van der Waals surface area (Å²) < 4.78 is 20.8. The van der Waals surface area contributed by atoms with Crippen LogP contribution in [0, 0.1) is 6.92 Å². The predicted molar refractivity (Wildman–Crippen MR) is 85.9 cm³/mol. The van der Waals surface area contributed by atoms with Crippen LogP contribution in [0.3, 0.4) is 0 Å². The summed E-state index contributed by atoms with van der Waals surface area (Å²) >= 11 is 0. The third kappa shape index (κ3) is 5.64. The lowest BCUT2D eigenvalue weighted by Gasteiger charge is -2.08. The second kappa shape index (κ2) is 8.80. The first-order chi connectivity index (χ1) is 11.2. The van der Waals surface area contributed by atoms with Crippen molar-refractivity contribution < 1.29 is 23.7 Å². The first kappa shape index (κ1) is 16.8. The molecule has 0 aliphatic rings. The fourth-order valence-corrected chi connectivity index (χ4v) is 1.81. The van der Waals surface area contributed by atoms with E-state index in [1.165, 1.54) is 0 Å². The molecule has 0 saturated heterocycles. The van der Waals surface area contributed by atoms with Crippen LogP contribution < -0.4 is 9.47 Å². The third-order valence-electron chi connectivity index (χ3n) is 3.12. The van der Waals surface area contributed by atoms with E-state index in [1.54, 1.807) is 43.5 Å². The lowest BCUT2D eigenvalue weighted by Crippen LogP contribution is -2.13. The number of rotatable bonds is 8. The largest absolute Gasteiger partial charge is 0.497 e. The lowest BCUT2D eigenvalue weighted by molar-refractivity contribution is -0.0116. The number of carbonyl (C=O) groups is 1. The van der Waals surface area contributed by atoms with Crippen molar-refractivity contribution in [2.75, 3.05) is 27.1 Å². The smallest absolute Gasteiger partial charge is 0.338 e. The van der Waals surface area contributed by atoms with Crippen molar-refractivity contribution in [1.82, 2.24) is 0 Å². The molecule has 0 fully saturated rings. The van der Waals surface area contributed by atoms with Gasteiger partial charge in [0, 0.05) is 0 Å². The first-order valence-electron chi connectivity index (χ1n) is 7.27. The summed E-state index contributed by atoms with van der Waals surface area (Å²) in [4.78, 5) is 11.7. The molecule has 122 valence electrons. The molecule has 2 rings (SSSR count). The molecule has 0 radical (unpaired) electrons. The van der Waals surface area contributed by atoms with Gasteiger partial charge in [0.1, 0.15) is 18.1 Å². The Morgan fingerprint density at radius 2 is 1.57 bits per heavy atom. The number of hydrogen-bond acceptors (Lipinski definition) is 5. The van der Waals surface area contributed by atoms with Gasteiger partial charge < -0.3 is 18.9 Å². The Morgan fingerprint density at radius 3 is 2.22 bits per heavy atom. The average molecular weight is 316 g/mol. The van der Waals surface area contributed by atoms with E-state index >= 15 is 0 Å². The van der Waals surface area contributed by atoms with Gasteiger partial charge in [0.2, 0.25) is 0 Å². The molecular formula is C18H20O5. The molecule has 0 bridgehead atoms. The Kier molecular flexibility index (Phi) is 6.44. The van der Waals surface area contributed by atoms with Gasteiger partial charge in [0.05, 0.1) is 19.3 Å². The summed E-state index contributed by atoms with van der Waals surface area (Å²) in [5.41, 5.74) is 1.63. The van der Waals surface area contributed by atoms with Crippen LogP contribution in [-0.2, 0) is 9.47 Å². The summed E-state index contributed by atoms with van der Waals surface area (Å²) in [5, 5.41) is 0. The van der Waals surface area contributed by atoms with Gasteiger partial charge in [-0.25, -0.2) is 4.79 Å². The Hall–Kier alpha value is -2.53. The van der Waals surface area contributed by atoms with Crippen LogP contribution in [0.1, 0.15) is 15.9 Å². The van der Waals surface area contributed by atoms with Crippen LogP contribution in [0.25, 0.3) is 0 Å². The van der Waals surface area contributed by atoms with Gasteiger partial charge in [0.15, 0.2) is 6.79 Å². The van der Waals surface area contributed by atoms with Crippen molar-refractivity contribution in [3.8, 4) is 11.5 Å². The van der Waals surface area contributed by atoms with E-state index in [2.05, 4.69) is 0 Å². The molecule has 0 aliphatic heterocycles. The Morgan fingerprint density at radius 1 is 0.913 bits per heavy atom. The van der Waals surface area contributed by atoms with E-state index < -0.39 is 0 Å². The van der Waals surface area contributed by atoms with E-state index in [4.69, 9.17) is 18.9 Å². The molecule has 0 N–H and O–H groups in total.